The van der Waals surface area contributed by atoms with Crippen molar-refractivity contribution in [2.24, 2.45) is 7.05 Å². The highest BCUT2D eigenvalue weighted by molar-refractivity contribution is 5.29. The summed E-state index contributed by atoms with van der Waals surface area (Å²) in [7, 11) is 1.90. The Labute approximate surface area is 119 Å². The molecule has 20 heavy (non-hydrogen) atoms. The van der Waals surface area contributed by atoms with E-state index in [1.165, 1.54) is 0 Å². The van der Waals surface area contributed by atoms with Crippen molar-refractivity contribution in [1.82, 2.24) is 9.78 Å². The van der Waals surface area contributed by atoms with E-state index in [4.69, 9.17) is 0 Å². The number of hydrogen-bond donors (Lipinski definition) is 2. The summed E-state index contributed by atoms with van der Waals surface area (Å²) in [5, 5.41) is 24.1. The molecule has 0 aliphatic heterocycles. The molecule has 1 aromatic heterocycles. The molecular weight excluding hydrogens is 252 g/mol. The van der Waals surface area contributed by atoms with Crippen molar-refractivity contribution >= 4 is 0 Å². The van der Waals surface area contributed by atoms with Crippen LogP contribution < -0.4 is 0 Å². The van der Waals surface area contributed by atoms with Crippen molar-refractivity contribution < 1.29 is 10.2 Å². The van der Waals surface area contributed by atoms with Gasteiger partial charge in [-0.05, 0) is 18.1 Å². The lowest BCUT2D eigenvalue weighted by atomic mass is 9.78. The van der Waals surface area contributed by atoms with Gasteiger partial charge in [-0.3, -0.25) is 4.68 Å². The highest BCUT2D eigenvalue weighted by Gasteiger charge is 2.32. The maximum absolute atomic E-state index is 9.86. The molecule has 0 amide bonds. The molecule has 0 unspecified atom stereocenters. The normalized spacial score (nSPS) is 11.8. The van der Waals surface area contributed by atoms with Gasteiger partial charge in [0.05, 0.1) is 18.9 Å². The number of hydrogen-bond acceptors (Lipinski definition) is 3. The van der Waals surface area contributed by atoms with Gasteiger partial charge >= 0.3 is 0 Å². The Kier molecular flexibility index (Phi) is 4.57. The van der Waals surface area contributed by atoms with Crippen molar-refractivity contribution in [2.45, 2.75) is 25.2 Å². The molecule has 0 aliphatic rings. The zero-order chi connectivity index (χ0) is 14.6. The van der Waals surface area contributed by atoms with Crippen molar-refractivity contribution in [1.29, 1.82) is 0 Å². The lowest BCUT2D eigenvalue weighted by Gasteiger charge is -2.30. The lowest BCUT2D eigenvalue weighted by molar-refractivity contribution is 0.114. The SMILES string of the molecule is CCc1cc(CC(CO)(CO)c2ccccc2)n(C)n1. The first kappa shape index (κ1) is 14.8. The van der Waals surface area contributed by atoms with Crippen molar-refractivity contribution in [2.75, 3.05) is 13.2 Å². The van der Waals surface area contributed by atoms with E-state index in [-0.39, 0.29) is 13.2 Å². The summed E-state index contributed by atoms with van der Waals surface area (Å²) < 4.78 is 1.84. The van der Waals surface area contributed by atoms with Gasteiger partial charge in [0.1, 0.15) is 0 Å². The zero-order valence-electron chi connectivity index (χ0n) is 12.1. The molecule has 0 saturated heterocycles. The fraction of sp³-hybridized carbons (Fsp3) is 0.438. The molecule has 2 rings (SSSR count). The third kappa shape index (κ3) is 2.76. The van der Waals surface area contributed by atoms with Crippen LogP contribution in [0.3, 0.4) is 0 Å². The van der Waals surface area contributed by atoms with Gasteiger partial charge in [0, 0.05) is 24.6 Å². The van der Waals surface area contributed by atoms with E-state index in [0.717, 1.165) is 23.4 Å². The summed E-state index contributed by atoms with van der Waals surface area (Å²) in [6.07, 6.45) is 1.44. The Hall–Kier alpha value is -1.65. The van der Waals surface area contributed by atoms with Crippen LogP contribution in [0.5, 0.6) is 0 Å². The lowest BCUT2D eigenvalue weighted by Crippen LogP contribution is -2.37. The van der Waals surface area contributed by atoms with Crippen molar-refractivity contribution in [3.05, 3.63) is 53.3 Å². The molecule has 0 saturated carbocycles. The minimum atomic E-state index is -0.667. The maximum Gasteiger partial charge on any atom is 0.0624 e. The second kappa shape index (κ2) is 6.20. The molecule has 0 fully saturated rings. The van der Waals surface area contributed by atoms with E-state index >= 15 is 0 Å². The molecule has 4 nitrogen and oxygen atoms in total. The fourth-order valence-corrected chi connectivity index (χ4v) is 2.49. The third-order valence-corrected chi connectivity index (χ3v) is 3.90. The molecule has 0 bridgehead atoms. The van der Waals surface area contributed by atoms with E-state index < -0.39 is 5.41 Å². The van der Waals surface area contributed by atoms with Crippen LogP contribution in [0.4, 0.5) is 0 Å². The van der Waals surface area contributed by atoms with Gasteiger partial charge in [-0.25, -0.2) is 0 Å². The van der Waals surface area contributed by atoms with E-state index in [0.29, 0.717) is 6.42 Å². The molecule has 4 heteroatoms. The van der Waals surface area contributed by atoms with Gasteiger partial charge in [-0.15, -0.1) is 0 Å². The van der Waals surface area contributed by atoms with Crippen molar-refractivity contribution in [3.8, 4) is 0 Å². The molecule has 108 valence electrons. The van der Waals surface area contributed by atoms with Gasteiger partial charge in [0.25, 0.3) is 0 Å². The van der Waals surface area contributed by atoms with E-state index in [1.54, 1.807) is 0 Å². The summed E-state index contributed by atoms with van der Waals surface area (Å²) in [6, 6.07) is 11.7. The minimum absolute atomic E-state index is 0.0971. The molecule has 0 spiro atoms. The first-order valence-electron chi connectivity index (χ1n) is 6.94. The number of aromatic nitrogens is 2. The number of rotatable bonds is 6. The molecule has 0 radical (unpaired) electrons. The van der Waals surface area contributed by atoms with E-state index in [9.17, 15) is 10.2 Å². The summed E-state index contributed by atoms with van der Waals surface area (Å²) in [5.74, 6) is 0. The first-order valence-corrected chi connectivity index (χ1v) is 6.94. The van der Waals surface area contributed by atoms with Crippen LogP contribution in [0.2, 0.25) is 0 Å². The standard InChI is InChI=1S/C16H22N2O2/c1-3-14-9-15(18(2)17-14)10-16(11-19,12-20)13-7-5-4-6-8-13/h4-9,19-20H,3,10-12H2,1-2H3. The molecule has 1 heterocycles. The van der Waals surface area contributed by atoms with Gasteiger partial charge in [0.15, 0.2) is 0 Å². The molecule has 2 aromatic rings. The summed E-state index contributed by atoms with van der Waals surface area (Å²) in [5.41, 5.74) is 2.33. The Morgan fingerprint density at radius 1 is 1.15 bits per heavy atom. The van der Waals surface area contributed by atoms with E-state index in [2.05, 4.69) is 12.0 Å². The number of benzene rings is 1. The molecule has 0 atom stereocenters. The zero-order valence-corrected chi connectivity index (χ0v) is 12.1. The molecule has 2 N–H and O–H groups in total. The third-order valence-electron chi connectivity index (χ3n) is 3.90. The number of aliphatic hydroxyl groups is 2. The minimum Gasteiger partial charge on any atom is -0.395 e. The van der Waals surface area contributed by atoms with Gasteiger partial charge in [-0.1, -0.05) is 37.3 Å². The monoisotopic (exact) mass is 274 g/mol. The van der Waals surface area contributed by atoms with Crippen molar-refractivity contribution in [3.63, 3.8) is 0 Å². The maximum atomic E-state index is 9.86. The van der Waals surface area contributed by atoms with Crippen LogP contribution >= 0.6 is 0 Å². The van der Waals surface area contributed by atoms with Crippen LogP contribution in [0.1, 0.15) is 23.9 Å². The van der Waals surface area contributed by atoms with Crippen LogP contribution in [0, 0.1) is 0 Å². The largest absolute Gasteiger partial charge is 0.395 e. The smallest absolute Gasteiger partial charge is 0.0624 e. The summed E-state index contributed by atoms with van der Waals surface area (Å²) in [4.78, 5) is 0. The van der Waals surface area contributed by atoms with E-state index in [1.807, 2.05) is 48.1 Å². The quantitative estimate of drug-likeness (QED) is 0.838. The second-order valence-corrected chi connectivity index (χ2v) is 5.24. The van der Waals surface area contributed by atoms with Gasteiger partial charge < -0.3 is 10.2 Å². The molecule has 1 aromatic carbocycles. The average molecular weight is 274 g/mol. The second-order valence-electron chi connectivity index (χ2n) is 5.24. The highest BCUT2D eigenvalue weighted by atomic mass is 16.3. The average Bonchev–Trinajstić information content (AvgIpc) is 2.86. The van der Waals surface area contributed by atoms with Gasteiger partial charge in [-0.2, -0.15) is 5.10 Å². The molecule has 0 aliphatic carbocycles. The Morgan fingerprint density at radius 2 is 1.80 bits per heavy atom. The number of aryl methyl sites for hydroxylation is 2. The van der Waals surface area contributed by atoms with Gasteiger partial charge in [0.2, 0.25) is 0 Å². The Balaban J connectivity index is 2.36. The van der Waals surface area contributed by atoms with Crippen LogP contribution in [0.25, 0.3) is 0 Å². The highest BCUT2D eigenvalue weighted by Crippen LogP contribution is 2.28. The van der Waals surface area contributed by atoms with Crippen LogP contribution in [0.15, 0.2) is 36.4 Å². The fourth-order valence-electron chi connectivity index (χ4n) is 2.49. The predicted octanol–water partition coefficient (Wildman–Crippen LogP) is 1.45. The Morgan fingerprint density at radius 3 is 2.30 bits per heavy atom. The Bertz CT molecular complexity index is 545. The number of nitrogens with zero attached hydrogens (tertiary/aromatic N) is 2. The van der Waals surface area contributed by atoms with Crippen LogP contribution in [-0.2, 0) is 25.3 Å². The predicted molar refractivity (Wildman–Crippen MR) is 78.6 cm³/mol. The summed E-state index contributed by atoms with van der Waals surface area (Å²) >= 11 is 0. The van der Waals surface area contributed by atoms with Crippen LogP contribution in [-0.4, -0.2) is 33.2 Å². The summed E-state index contributed by atoms with van der Waals surface area (Å²) in [6.45, 7) is 1.87. The molecular formula is C16H22N2O2. The first-order chi connectivity index (χ1) is 9.65. The number of aliphatic hydroxyl groups excluding tert-OH is 2. The topological polar surface area (TPSA) is 58.3 Å².